The molecule has 0 spiro atoms. The molecule has 0 fully saturated rings. The van der Waals surface area contributed by atoms with Crippen LogP contribution >= 0.6 is 0 Å². The van der Waals surface area contributed by atoms with Crippen LogP contribution in [0.3, 0.4) is 0 Å². The van der Waals surface area contributed by atoms with Crippen molar-refractivity contribution in [2.45, 2.75) is 0 Å². The third kappa shape index (κ3) is 5.24. The Bertz CT molecular complexity index is 3160. The first-order chi connectivity index (χ1) is 28.3. The molecule has 2 aromatic heterocycles. The fourth-order valence-corrected chi connectivity index (χ4v) is 14.1. The Morgan fingerprint density at radius 1 is 0.246 bits per heavy atom. The molecule has 0 N–H and O–H groups in total. The number of hydrogen-bond donors (Lipinski definition) is 0. The smallest absolute Gasteiger partial charge is 0.179 e. The molecule has 2 heterocycles. The van der Waals surface area contributed by atoms with Gasteiger partial charge in [0.2, 0.25) is 0 Å². The van der Waals surface area contributed by atoms with Gasteiger partial charge < -0.3 is 9.13 Å². The Labute approximate surface area is 333 Å². The van der Waals surface area contributed by atoms with Crippen molar-refractivity contribution >= 4 is 72.4 Å². The van der Waals surface area contributed by atoms with E-state index in [9.17, 15) is 0 Å². The summed E-state index contributed by atoms with van der Waals surface area (Å²) in [5, 5.41) is 10.5. The number of hydrogen-bond acceptors (Lipinski definition) is 0. The summed E-state index contributed by atoms with van der Waals surface area (Å²) in [7, 11) is -2.83. The second-order valence-electron chi connectivity index (χ2n) is 14.9. The summed E-state index contributed by atoms with van der Waals surface area (Å²) in [4.78, 5) is 0. The largest absolute Gasteiger partial charge is 0.309 e. The average molecular weight is 743 g/mol. The van der Waals surface area contributed by atoms with Crippen LogP contribution in [0.2, 0.25) is 0 Å². The fraction of sp³-hybridized carbons (Fsp3) is 0. The van der Waals surface area contributed by atoms with Crippen LogP contribution < -0.4 is 20.7 Å². The van der Waals surface area contributed by atoms with Gasteiger partial charge in [-0.1, -0.05) is 176 Å². The third-order valence-electron chi connectivity index (χ3n) is 11.9. The van der Waals surface area contributed by atoms with Crippen molar-refractivity contribution in [1.29, 1.82) is 0 Å². The molecule has 0 atom stereocenters. The number of para-hydroxylation sites is 4. The molecular weight excluding hydrogens is 705 g/mol. The van der Waals surface area contributed by atoms with E-state index in [-0.39, 0.29) is 0 Å². The minimum Gasteiger partial charge on any atom is -0.309 e. The summed E-state index contributed by atoms with van der Waals surface area (Å²) in [6.07, 6.45) is 0. The molecule has 0 aliphatic carbocycles. The Morgan fingerprint density at radius 2 is 0.614 bits per heavy atom. The summed E-state index contributed by atoms with van der Waals surface area (Å²) in [5.74, 6) is 0. The first-order valence-electron chi connectivity index (χ1n) is 19.7. The molecule has 0 bridgehead atoms. The second-order valence-corrected chi connectivity index (χ2v) is 18.7. The van der Waals surface area contributed by atoms with Crippen LogP contribution in [0.4, 0.5) is 0 Å². The summed E-state index contributed by atoms with van der Waals surface area (Å²) in [6, 6.07) is 85.2. The Morgan fingerprint density at radius 3 is 1.14 bits per heavy atom. The molecular formula is C54H38N2Si. The monoisotopic (exact) mass is 742 g/mol. The average Bonchev–Trinajstić information content (AvgIpc) is 3.81. The van der Waals surface area contributed by atoms with Crippen molar-refractivity contribution in [1.82, 2.24) is 9.13 Å². The van der Waals surface area contributed by atoms with Crippen LogP contribution in [-0.2, 0) is 0 Å². The van der Waals surface area contributed by atoms with Crippen LogP contribution in [0.5, 0.6) is 0 Å². The summed E-state index contributed by atoms with van der Waals surface area (Å²) in [6.45, 7) is 0. The second kappa shape index (κ2) is 13.5. The zero-order valence-electron chi connectivity index (χ0n) is 31.3. The maximum Gasteiger partial charge on any atom is 0.179 e. The van der Waals surface area contributed by atoms with Gasteiger partial charge >= 0.3 is 0 Å². The standard InChI is InChI=1S/C54H38N2Si/c1-5-17-41(18-6-1)55-51-27-15-13-25-47(51)49-37-40(31-35-53(49)55)39-29-32-45(33-30-39)57(43-21-9-3-10-22-43,44-23-11-4-12-24-44)46-34-36-54-50(38-46)48-26-14-16-28-52(48)56(54)42-19-7-2-8-20-42/h1-38H. The van der Waals surface area contributed by atoms with Crippen molar-refractivity contribution < 1.29 is 0 Å². The van der Waals surface area contributed by atoms with Gasteiger partial charge in [-0.15, -0.1) is 0 Å². The molecule has 268 valence electrons. The van der Waals surface area contributed by atoms with Crippen molar-refractivity contribution in [3.63, 3.8) is 0 Å². The number of nitrogens with zero attached hydrogens (tertiary/aromatic N) is 2. The molecule has 57 heavy (non-hydrogen) atoms. The van der Waals surface area contributed by atoms with E-state index >= 15 is 0 Å². The third-order valence-corrected chi connectivity index (χ3v) is 16.6. The zero-order chi connectivity index (χ0) is 37.8. The number of aromatic nitrogens is 2. The first-order valence-corrected chi connectivity index (χ1v) is 21.7. The van der Waals surface area contributed by atoms with Crippen LogP contribution in [0, 0.1) is 0 Å². The van der Waals surface area contributed by atoms with E-state index in [1.807, 2.05) is 0 Å². The van der Waals surface area contributed by atoms with Crippen molar-refractivity contribution in [2.75, 3.05) is 0 Å². The van der Waals surface area contributed by atoms with Gasteiger partial charge in [0, 0.05) is 32.9 Å². The zero-order valence-corrected chi connectivity index (χ0v) is 32.3. The number of fused-ring (bicyclic) bond motifs is 6. The molecule has 0 radical (unpaired) electrons. The Hall–Kier alpha value is -7.20. The van der Waals surface area contributed by atoms with Crippen LogP contribution in [0.1, 0.15) is 0 Å². The maximum absolute atomic E-state index is 2.83. The highest BCUT2D eigenvalue weighted by Crippen LogP contribution is 2.35. The molecule has 9 aromatic carbocycles. The molecule has 2 nitrogen and oxygen atoms in total. The normalized spacial score (nSPS) is 11.9. The number of rotatable bonds is 7. The van der Waals surface area contributed by atoms with Gasteiger partial charge in [-0.3, -0.25) is 0 Å². The summed E-state index contributed by atoms with van der Waals surface area (Å²) in [5.41, 5.74) is 9.64. The van der Waals surface area contributed by atoms with Crippen LogP contribution in [0.15, 0.2) is 231 Å². The minimum atomic E-state index is -2.83. The topological polar surface area (TPSA) is 9.86 Å². The van der Waals surface area contributed by atoms with E-state index in [0.717, 1.165) is 0 Å². The summed E-state index contributed by atoms with van der Waals surface area (Å²) >= 11 is 0. The predicted octanol–water partition coefficient (Wildman–Crippen LogP) is 10.9. The lowest BCUT2D eigenvalue weighted by Crippen LogP contribution is -2.74. The quantitative estimate of drug-likeness (QED) is 0.114. The predicted molar refractivity (Wildman–Crippen MR) is 244 cm³/mol. The highest BCUT2D eigenvalue weighted by Gasteiger charge is 2.41. The Balaban J connectivity index is 1.12. The molecule has 0 aliphatic heterocycles. The molecule has 0 saturated carbocycles. The molecule has 0 saturated heterocycles. The van der Waals surface area contributed by atoms with E-state index in [0.29, 0.717) is 0 Å². The lowest BCUT2D eigenvalue weighted by atomic mass is 10.0. The van der Waals surface area contributed by atoms with Gasteiger partial charge in [0.15, 0.2) is 8.07 Å². The minimum absolute atomic E-state index is 1.17. The lowest BCUT2D eigenvalue weighted by Gasteiger charge is -2.34. The van der Waals surface area contributed by atoms with E-state index in [2.05, 4.69) is 240 Å². The van der Waals surface area contributed by atoms with Crippen molar-refractivity contribution in [2.24, 2.45) is 0 Å². The highest BCUT2D eigenvalue weighted by molar-refractivity contribution is 7.20. The van der Waals surface area contributed by atoms with E-state index in [4.69, 9.17) is 0 Å². The fourth-order valence-electron chi connectivity index (χ4n) is 9.36. The van der Waals surface area contributed by atoms with Gasteiger partial charge in [0.1, 0.15) is 0 Å². The van der Waals surface area contributed by atoms with E-state index in [1.54, 1.807) is 0 Å². The van der Waals surface area contributed by atoms with Gasteiger partial charge in [-0.25, -0.2) is 0 Å². The molecule has 3 heteroatoms. The van der Waals surface area contributed by atoms with Crippen molar-refractivity contribution in [3.05, 3.63) is 231 Å². The lowest BCUT2D eigenvalue weighted by molar-refractivity contribution is 1.18. The number of benzene rings is 9. The van der Waals surface area contributed by atoms with Gasteiger partial charge in [-0.2, -0.15) is 0 Å². The molecule has 0 amide bonds. The van der Waals surface area contributed by atoms with Crippen molar-refractivity contribution in [3.8, 4) is 22.5 Å². The highest BCUT2D eigenvalue weighted by atomic mass is 28.3. The maximum atomic E-state index is 2.51. The van der Waals surface area contributed by atoms with Gasteiger partial charge in [-0.05, 0) is 86.5 Å². The first kappa shape index (κ1) is 33.2. The van der Waals surface area contributed by atoms with Crippen LogP contribution in [0.25, 0.3) is 66.1 Å². The molecule has 11 aromatic rings. The van der Waals surface area contributed by atoms with Gasteiger partial charge in [0.25, 0.3) is 0 Å². The molecule has 0 aliphatic rings. The SMILES string of the molecule is c1ccc(-n2c3ccccc3c3cc(-c4ccc([Si](c5ccccc5)(c5ccccc5)c5ccc6c(c5)c5ccccc5n6-c5ccccc5)cc4)ccc32)cc1. The van der Waals surface area contributed by atoms with E-state index < -0.39 is 8.07 Å². The molecule has 0 unspecified atom stereocenters. The van der Waals surface area contributed by atoms with Crippen LogP contribution in [-0.4, -0.2) is 17.2 Å². The van der Waals surface area contributed by atoms with E-state index in [1.165, 1.54) is 86.9 Å². The Kier molecular flexibility index (Phi) is 7.87. The summed E-state index contributed by atoms with van der Waals surface area (Å²) < 4.78 is 4.79. The molecule has 11 rings (SSSR count). The van der Waals surface area contributed by atoms with Gasteiger partial charge in [0.05, 0.1) is 22.1 Å².